The first kappa shape index (κ1) is 56.2. The molecule has 0 aromatic rings. The number of hydrogen-bond donors (Lipinski definition) is 6. The van der Waals surface area contributed by atoms with Crippen molar-refractivity contribution in [3.8, 4) is 0 Å². The molecule has 0 aromatic heterocycles. The molecule has 1 fully saturated rings. The molecular formula is C51H93NO8. The fourth-order valence-corrected chi connectivity index (χ4v) is 7.63. The molecule has 0 radical (unpaired) electrons. The number of rotatable bonds is 41. The summed E-state index contributed by atoms with van der Waals surface area (Å²) in [7, 11) is 0. The minimum absolute atomic E-state index is 0.191. The number of carbonyl (C=O) groups is 1. The number of allylic oxidation sites excluding steroid dienone is 7. The molecule has 350 valence electrons. The van der Waals surface area contributed by atoms with Gasteiger partial charge in [-0.25, -0.2) is 0 Å². The third-order valence-corrected chi connectivity index (χ3v) is 11.7. The third-order valence-electron chi connectivity index (χ3n) is 11.7. The second-order valence-corrected chi connectivity index (χ2v) is 17.3. The average molecular weight is 848 g/mol. The van der Waals surface area contributed by atoms with E-state index in [9.17, 15) is 30.3 Å². The van der Waals surface area contributed by atoms with Crippen molar-refractivity contribution < 1.29 is 39.8 Å². The number of ether oxygens (including phenoxy) is 2. The molecule has 1 heterocycles. The van der Waals surface area contributed by atoms with Crippen LogP contribution < -0.4 is 5.32 Å². The second-order valence-electron chi connectivity index (χ2n) is 17.3. The van der Waals surface area contributed by atoms with Crippen molar-refractivity contribution in [2.45, 2.75) is 256 Å². The van der Waals surface area contributed by atoms with Gasteiger partial charge in [-0.05, 0) is 57.8 Å². The van der Waals surface area contributed by atoms with Gasteiger partial charge in [0, 0.05) is 6.42 Å². The fourth-order valence-electron chi connectivity index (χ4n) is 7.63. The van der Waals surface area contributed by atoms with E-state index in [-0.39, 0.29) is 12.5 Å². The lowest BCUT2D eigenvalue weighted by atomic mass is 9.99. The summed E-state index contributed by atoms with van der Waals surface area (Å²) in [6.45, 7) is 3.73. The van der Waals surface area contributed by atoms with Crippen LogP contribution in [0.2, 0.25) is 0 Å². The molecule has 6 N–H and O–H groups in total. The number of aliphatic hydroxyl groups is 5. The van der Waals surface area contributed by atoms with E-state index in [4.69, 9.17) is 9.47 Å². The van der Waals surface area contributed by atoms with Crippen LogP contribution in [-0.2, 0) is 14.3 Å². The van der Waals surface area contributed by atoms with E-state index in [0.29, 0.717) is 6.42 Å². The Morgan fingerprint density at radius 3 is 1.53 bits per heavy atom. The second kappa shape index (κ2) is 41.2. The standard InChI is InChI=1S/C51H93NO8/c1-3-5-7-9-11-13-15-17-19-21-23-25-27-29-31-33-35-37-39-41-47(55)52-44(43-59-51-50(58)49(57)48(56)46(42-53)60-51)45(54)40-38-36-34-32-30-28-26-24-22-20-18-16-14-12-10-8-6-4-2/h11,13,15,17,30,32,38,40,44-46,48-51,53-54,56-58H,3-10,12,14,16,18-29,31,33-37,39,41-43H2,1-2H3,(H,52,55)/b13-11-,17-15-,32-30+,40-38+. The monoisotopic (exact) mass is 848 g/mol. The molecule has 1 aliphatic heterocycles. The molecule has 0 saturated carbocycles. The van der Waals surface area contributed by atoms with Gasteiger partial charge in [-0.2, -0.15) is 0 Å². The van der Waals surface area contributed by atoms with Gasteiger partial charge in [0.25, 0.3) is 0 Å². The van der Waals surface area contributed by atoms with Crippen LogP contribution in [0.15, 0.2) is 48.6 Å². The van der Waals surface area contributed by atoms with Gasteiger partial charge in [0.2, 0.25) is 5.91 Å². The Morgan fingerprint density at radius 1 is 0.567 bits per heavy atom. The van der Waals surface area contributed by atoms with Gasteiger partial charge in [0.1, 0.15) is 24.4 Å². The molecule has 0 bridgehead atoms. The maximum atomic E-state index is 13.0. The Morgan fingerprint density at radius 2 is 1.00 bits per heavy atom. The SMILES string of the molecule is CCCCC/C=C\C=C/CCCCCCCCCCCCC(=O)NC(COC1OC(CO)C(O)C(O)C1O)C(O)/C=C/CC/C=C/CCCCCCCCCCCCCC. The first-order valence-electron chi connectivity index (χ1n) is 24.9. The third kappa shape index (κ3) is 31.1. The smallest absolute Gasteiger partial charge is 0.220 e. The molecule has 1 aliphatic rings. The highest BCUT2D eigenvalue weighted by Gasteiger charge is 2.44. The summed E-state index contributed by atoms with van der Waals surface area (Å²) in [6, 6.07) is -0.823. The number of unbranched alkanes of at least 4 members (excludes halogenated alkanes) is 26. The van der Waals surface area contributed by atoms with E-state index < -0.39 is 49.5 Å². The molecule has 0 aromatic carbocycles. The van der Waals surface area contributed by atoms with Crippen molar-refractivity contribution in [3.05, 3.63) is 48.6 Å². The Bertz CT molecular complexity index is 1080. The summed E-state index contributed by atoms with van der Waals surface area (Å²) in [5.41, 5.74) is 0. The summed E-state index contributed by atoms with van der Waals surface area (Å²) in [5, 5.41) is 54.3. The predicted molar refractivity (Wildman–Crippen MR) is 249 cm³/mol. The quantitative estimate of drug-likeness (QED) is 0.0202. The van der Waals surface area contributed by atoms with Crippen molar-refractivity contribution in [1.82, 2.24) is 5.32 Å². The van der Waals surface area contributed by atoms with Crippen molar-refractivity contribution in [2.75, 3.05) is 13.2 Å². The summed E-state index contributed by atoms with van der Waals surface area (Å²) in [6.07, 6.45) is 45.8. The van der Waals surface area contributed by atoms with Gasteiger partial charge >= 0.3 is 0 Å². The lowest BCUT2D eigenvalue weighted by Crippen LogP contribution is -2.60. The summed E-state index contributed by atoms with van der Waals surface area (Å²) in [4.78, 5) is 13.0. The van der Waals surface area contributed by atoms with Gasteiger partial charge in [0.15, 0.2) is 6.29 Å². The molecule has 1 saturated heterocycles. The largest absolute Gasteiger partial charge is 0.394 e. The van der Waals surface area contributed by atoms with Crippen molar-refractivity contribution in [3.63, 3.8) is 0 Å². The van der Waals surface area contributed by atoms with E-state index in [1.165, 1.54) is 148 Å². The number of nitrogens with one attached hydrogen (secondary N) is 1. The van der Waals surface area contributed by atoms with Crippen LogP contribution in [0.5, 0.6) is 0 Å². The molecule has 60 heavy (non-hydrogen) atoms. The maximum Gasteiger partial charge on any atom is 0.220 e. The van der Waals surface area contributed by atoms with Gasteiger partial charge in [-0.3, -0.25) is 4.79 Å². The summed E-state index contributed by atoms with van der Waals surface area (Å²) < 4.78 is 11.2. The lowest BCUT2D eigenvalue weighted by molar-refractivity contribution is -0.302. The zero-order valence-corrected chi connectivity index (χ0v) is 38.5. The normalized spacial score (nSPS) is 20.9. The van der Waals surface area contributed by atoms with Gasteiger partial charge in [-0.1, -0.05) is 197 Å². The number of amides is 1. The zero-order chi connectivity index (χ0) is 43.7. The predicted octanol–water partition coefficient (Wildman–Crippen LogP) is 11.0. The van der Waals surface area contributed by atoms with Crippen LogP contribution >= 0.6 is 0 Å². The first-order chi connectivity index (χ1) is 29.3. The van der Waals surface area contributed by atoms with Gasteiger partial charge in [-0.15, -0.1) is 0 Å². The van der Waals surface area contributed by atoms with E-state index in [1.807, 2.05) is 6.08 Å². The van der Waals surface area contributed by atoms with Crippen molar-refractivity contribution in [2.24, 2.45) is 0 Å². The van der Waals surface area contributed by atoms with E-state index in [2.05, 4.69) is 55.6 Å². The Hall–Kier alpha value is -1.85. The fraction of sp³-hybridized carbons (Fsp3) is 0.824. The van der Waals surface area contributed by atoms with Crippen LogP contribution in [0.25, 0.3) is 0 Å². The topological polar surface area (TPSA) is 149 Å². The molecule has 9 nitrogen and oxygen atoms in total. The van der Waals surface area contributed by atoms with Crippen molar-refractivity contribution in [1.29, 1.82) is 0 Å². The molecule has 9 heteroatoms. The number of carbonyl (C=O) groups excluding carboxylic acids is 1. The van der Waals surface area contributed by atoms with Gasteiger partial charge < -0.3 is 40.3 Å². The van der Waals surface area contributed by atoms with Crippen LogP contribution in [0.3, 0.4) is 0 Å². The average Bonchev–Trinajstić information content (AvgIpc) is 3.25. The number of aliphatic hydroxyl groups excluding tert-OH is 5. The van der Waals surface area contributed by atoms with Crippen LogP contribution in [-0.4, -0.2) is 87.5 Å². The summed E-state index contributed by atoms with van der Waals surface area (Å²) in [5.74, 6) is -0.191. The van der Waals surface area contributed by atoms with E-state index in [1.54, 1.807) is 6.08 Å². The lowest BCUT2D eigenvalue weighted by Gasteiger charge is -2.40. The van der Waals surface area contributed by atoms with Crippen LogP contribution in [0.1, 0.15) is 213 Å². The minimum atomic E-state index is -1.57. The Kier molecular flexibility index (Phi) is 38.5. The molecule has 1 rings (SSSR count). The van der Waals surface area contributed by atoms with Crippen molar-refractivity contribution >= 4 is 5.91 Å². The maximum absolute atomic E-state index is 13.0. The number of hydrogen-bond acceptors (Lipinski definition) is 8. The molecule has 7 atom stereocenters. The van der Waals surface area contributed by atoms with Crippen LogP contribution in [0.4, 0.5) is 0 Å². The molecule has 0 aliphatic carbocycles. The van der Waals surface area contributed by atoms with E-state index >= 15 is 0 Å². The zero-order valence-electron chi connectivity index (χ0n) is 38.5. The Balaban J connectivity index is 2.34. The highest BCUT2D eigenvalue weighted by Crippen LogP contribution is 2.23. The minimum Gasteiger partial charge on any atom is -0.394 e. The van der Waals surface area contributed by atoms with Crippen LogP contribution in [0, 0.1) is 0 Å². The van der Waals surface area contributed by atoms with E-state index in [0.717, 1.165) is 44.9 Å². The molecular weight excluding hydrogens is 755 g/mol. The molecule has 7 unspecified atom stereocenters. The molecule has 0 spiro atoms. The highest BCUT2D eigenvalue weighted by molar-refractivity contribution is 5.76. The van der Waals surface area contributed by atoms with Gasteiger partial charge in [0.05, 0.1) is 25.4 Å². The highest BCUT2D eigenvalue weighted by atomic mass is 16.7. The summed E-state index contributed by atoms with van der Waals surface area (Å²) >= 11 is 0. The molecule has 1 amide bonds. The Labute approximate surface area is 367 Å². The first-order valence-corrected chi connectivity index (χ1v) is 24.9.